The van der Waals surface area contributed by atoms with E-state index in [2.05, 4.69) is 27.6 Å². The van der Waals surface area contributed by atoms with Crippen LogP contribution in [0.1, 0.15) is 16.1 Å². The maximum absolute atomic E-state index is 12.3. The first-order chi connectivity index (χ1) is 9.13. The lowest BCUT2D eigenvalue weighted by molar-refractivity contribution is 0.0991. The first-order valence-electron chi connectivity index (χ1n) is 5.53. The number of benzene rings is 1. The predicted molar refractivity (Wildman–Crippen MR) is 85.3 cm³/mol. The summed E-state index contributed by atoms with van der Waals surface area (Å²) in [5, 5.41) is 2.54. The normalized spacial score (nSPS) is 11.1. The van der Waals surface area contributed by atoms with Gasteiger partial charge in [-0.15, -0.1) is 11.3 Å². The molecule has 6 heteroatoms. The SMILES string of the molecule is O=C(Cc1cn2ccsc2n1)c1cc(Cl)ccc1I. The molecule has 2 aromatic heterocycles. The molecule has 3 nitrogen and oxygen atoms in total. The van der Waals surface area contributed by atoms with Gasteiger partial charge in [-0.05, 0) is 40.8 Å². The van der Waals surface area contributed by atoms with Gasteiger partial charge in [-0.3, -0.25) is 9.20 Å². The molecule has 0 saturated carbocycles. The van der Waals surface area contributed by atoms with Crippen molar-refractivity contribution in [1.29, 1.82) is 0 Å². The van der Waals surface area contributed by atoms with E-state index in [1.165, 1.54) is 0 Å². The Kier molecular flexibility index (Phi) is 3.60. The zero-order chi connectivity index (χ0) is 13.4. The molecule has 0 amide bonds. The Hall–Kier alpha value is -0.920. The number of carbonyl (C=O) groups excluding carboxylic acids is 1. The van der Waals surface area contributed by atoms with Crippen molar-refractivity contribution in [3.8, 4) is 0 Å². The molecule has 0 aliphatic carbocycles. The van der Waals surface area contributed by atoms with E-state index < -0.39 is 0 Å². The molecule has 0 radical (unpaired) electrons. The number of thiazole rings is 1. The Morgan fingerprint density at radius 2 is 2.32 bits per heavy atom. The molecule has 2 heterocycles. The summed E-state index contributed by atoms with van der Waals surface area (Å²) in [5.74, 6) is 0.0395. The molecule has 3 aromatic rings. The molecule has 0 unspecified atom stereocenters. The zero-order valence-electron chi connectivity index (χ0n) is 9.64. The monoisotopic (exact) mass is 402 g/mol. The van der Waals surface area contributed by atoms with Crippen LogP contribution in [0.2, 0.25) is 5.02 Å². The Morgan fingerprint density at radius 3 is 3.11 bits per heavy atom. The van der Waals surface area contributed by atoms with Crippen LogP contribution < -0.4 is 0 Å². The van der Waals surface area contributed by atoms with Gasteiger partial charge in [-0.1, -0.05) is 11.6 Å². The van der Waals surface area contributed by atoms with Crippen LogP contribution in [0.4, 0.5) is 0 Å². The number of imidazole rings is 1. The van der Waals surface area contributed by atoms with E-state index in [4.69, 9.17) is 11.6 Å². The minimum atomic E-state index is 0.0395. The van der Waals surface area contributed by atoms with Crippen LogP contribution in [0.5, 0.6) is 0 Å². The van der Waals surface area contributed by atoms with Crippen LogP contribution in [0.3, 0.4) is 0 Å². The van der Waals surface area contributed by atoms with E-state index in [0.717, 1.165) is 14.2 Å². The van der Waals surface area contributed by atoms with Crippen molar-refractivity contribution in [2.45, 2.75) is 6.42 Å². The highest BCUT2D eigenvalue weighted by molar-refractivity contribution is 14.1. The predicted octanol–water partition coefficient (Wildman–Crippen LogP) is 4.08. The summed E-state index contributed by atoms with van der Waals surface area (Å²) in [5.41, 5.74) is 1.44. The van der Waals surface area contributed by atoms with Crippen molar-refractivity contribution < 1.29 is 4.79 Å². The summed E-state index contributed by atoms with van der Waals surface area (Å²) in [6.45, 7) is 0. The molecule has 19 heavy (non-hydrogen) atoms. The number of ketones is 1. The third-order valence-corrected chi connectivity index (χ3v) is 4.66. The minimum absolute atomic E-state index is 0.0395. The van der Waals surface area contributed by atoms with Gasteiger partial charge in [-0.2, -0.15) is 0 Å². The molecular formula is C13H8ClIN2OS. The lowest BCUT2D eigenvalue weighted by Gasteiger charge is -2.03. The number of hydrogen-bond acceptors (Lipinski definition) is 3. The van der Waals surface area contributed by atoms with Crippen LogP contribution in [0.15, 0.2) is 36.0 Å². The Morgan fingerprint density at radius 1 is 1.47 bits per heavy atom. The molecule has 0 atom stereocenters. The van der Waals surface area contributed by atoms with E-state index >= 15 is 0 Å². The molecular weight excluding hydrogens is 395 g/mol. The lowest BCUT2D eigenvalue weighted by atomic mass is 10.1. The smallest absolute Gasteiger partial charge is 0.193 e. The van der Waals surface area contributed by atoms with E-state index in [-0.39, 0.29) is 5.78 Å². The number of nitrogens with zero attached hydrogens (tertiary/aromatic N) is 2. The highest BCUT2D eigenvalue weighted by atomic mass is 127. The average molecular weight is 403 g/mol. The van der Waals surface area contributed by atoms with Gasteiger partial charge >= 0.3 is 0 Å². The fourth-order valence-electron chi connectivity index (χ4n) is 1.83. The number of rotatable bonds is 3. The summed E-state index contributed by atoms with van der Waals surface area (Å²) < 4.78 is 2.84. The van der Waals surface area contributed by atoms with Crippen molar-refractivity contribution >= 4 is 56.3 Å². The van der Waals surface area contributed by atoms with Gasteiger partial charge in [0.15, 0.2) is 10.7 Å². The van der Waals surface area contributed by atoms with Gasteiger partial charge in [0, 0.05) is 31.9 Å². The molecule has 0 N–H and O–H groups in total. The molecule has 3 rings (SSSR count). The fourth-order valence-corrected chi connectivity index (χ4v) is 3.36. The molecule has 0 fully saturated rings. The van der Waals surface area contributed by atoms with Crippen LogP contribution in [0, 0.1) is 3.57 Å². The number of aromatic nitrogens is 2. The molecule has 0 aliphatic heterocycles. The van der Waals surface area contributed by atoms with E-state index in [9.17, 15) is 4.79 Å². The first kappa shape index (κ1) is 13.1. The average Bonchev–Trinajstić information content (AvgIpc) is 2.92. The van der Waals surface area contributed by atoms with Crippen molar-refractivity contribution in [2.75, 3.05) is 0 Å². The summed E-state index contributed by atoms with van der Waals surface area (Å²) in [4.78, 5) is 17.6. The van der Waals surface area contributed by atoms with E-state index in [0.29, 0.717) is 17.0 Å². The minimum Gasteiger partial charge on any atom is -0.297 e. The second-order valence-electron chi connectivity index (χ2n) is 4.05. The molecule has 0 spiro atoms. The van der Waals surface area contributed by atoms with Gasteiger partial charge in [0.25, 0.3) is 0 Å². The number of halogens is 2. The van der Waals surface area contributed by atoms with Crippen LogP contribution in [-0.4, -0.2) is 15.2 Å². The molecule has 0 bridgehead atoms. The topological polar surface area (TPSA) is 34.4 Å². The number of Topliss-reactive ketones (excluding diaryl/α,β-unsaturated/α-hetero) is 1. The van der Waals surface area contributed by atoms with E-state index in [1.54, 1.807) is 23.5 Å². The summed E-state index contributed by atoms with van der Waals surface area (Å²) in [6, 6.07) is 5.35. The van der Waals surface area contributed by atoms with Gasteiger partial charge in [0.1, 0.15) is 0 Å². The summed E-state index contributed by atoms with van der Waals surface area (Å²) in [7, 11) is 0. The largest absolute Gasteiger partial charge is 0.297 e. The van der Waals surface area contributed by atoms with Crippen LogP contribution in [0.25, 0.3) is 4.96 Å². The quantitative estimate of drug-likeness (QED) is 0.489. The molecule has 0 saturated heterocycles. The van der Waals surface area contributed by atoms with Gasteiger partial charge in [0.2, 0.25) is 0 Å². The van der Waals surface area contributed by atoms with Crippen LogP contribution >= 0.6 is 45.5 Å². The van der Waals surface area contributed by atoms with E-state index in [1.807, 2.05) is 28.2 Å². The van der Waals surface area contributed by atoms with Gasteiger partial charge in [0.05, 0.1) is 12.1 Å². The standard InChI is InChI=1S/C13H8ClIN2OS/c14-8-1-2-11(15)10(5-8)12(18)6-9-7-17-3-4-19-13(17)16-9/h1-5,7H,6H2. The van der Waals surface area contributed by atoms with Crippen molar-refractivity contribution in [3.63, 3.8) is 0 Å². The summed E-state index contributed by atoms with van der Waals surface area (Å²) >= 11 is 9.64. The second-order valence-corrected chi connectivity index (χ2v) is 6.52. The molecule has 0 aliphatic rings. The fraction of sp³-hybridized carbons (Fsp3) is 0.0769. The maximum atomic E-state index is 12.3. The number of carbonyl (C=O) groups is 1. The third kappa shape index (κ3) is 2.68. The van der Waals surface area contributed by atoms with Crippen LogP contribution in [-0.2, 0) is 6.42 Å². The van der Waals surface area contributed by atoms with Gasteiger partial charge in [-0.25, -0.2) is 4.98 Å². The summed E-state index contributed by atoms with van der Waals surface area (Å²) in [6.07, 6.45) is 4.12. The molecule has 96 valence electrons. The molecule has 1 aromatic carbocycles. The second kappa shape index (κ2) is 5.22. The zero-order valence-corrected chi connectivity index (χ0v) is 13.4. The Balaban J connectivity index is 1.88. The third-order valence-electron chi connectivity index (χ3n) is 2.71. The number of hydrogen-bond donors (Lipinski definition) is 0. The highest BCUT2D eigenvalue weighted by Crippen LogP contribution is 2.20. The van der Waals surface area contributed by atoms with Gasteiger partial charge < -0.3 is 0 Å². The lowest BCUT2D eigenvalue weighted by Crippen LogP contribution is -2.06. The Labute approximate surface area is 132 Å². The Bertz CT molecular complexity index is 736. The maximum Gasteiger partial charge on any atom is 0.193 e. The number of fused-ring (bicyclic) bond motifs is 1. The highest BCUT2D eigenvalue weighted by Gasteiger charge is 2.13. The van der Waals surface area contributed by atoms with Crippen molar-refractivity contribution in [1.82, 2.24) is 9.38 Å². The van der Waals surface area contributed by atoms with Crippen molar-refractivity contribution in [3.05, 3.63) is 55.8 Å². The van der Waals surface area contributed by atoms with Crippen molar-refractivity contribution in [2.24, 2.45) is 0 Å². The first-order valence-corrected chi connectivity index (χ1v) is 7.86.